The van der Waals surface area contributed by atoms with Crippen LogP contribution < -0.4 is 9.64 Å². The number of carbonyl (C=O) groups excluding carboxylic acids is 3. The molecule has 6 rings (SSSR count). The van der Waals surface area contributed by atoms with Crippen LogP contribution >= 0.6 is 23.2 Å². The van der Waals surface area contributed by atoms with Crippen molar-refractivity contribution in [1.29, 1.82) is 0 Å². The number of benzene rings is 3. The van der Waals surface area contributed by atoms with Crippen LogP contribution in [0.15, 0.2) is 72.8 Å². The lowest BCUT2D eigenvalue weighted by atomic mass is 9.55. The summed E-state index contributed by atoms with van der Waals surface area (Å²) in [6.45, 7) is 3.40. The van der Waals surface area contributed by atoms with Crippen LogP contribution in [0.4, 0.5) is 5.69 Å². The zero-order chi connectivity index (χ0) is 35.1. The zero-order valence-corrected chi connectivity index (χ0v) is 30.3. The standard InChI is InChI=1S/C41H47Cl2NO6/c1-41-21-20-34-33-17-15-32(49-40(47)29-7-3-2-4-8-29)26-30(33)12-16-35(34)36(41)18-19-37(41)50-39(46)27-48-38(45)9-5-6-28-10-13-31(14-11-28)44(24-22-42)25-23-43/h2-4,7-8,10-11,13-15,17,26,34-37H,5-6,9,12,16,18-25,27H2,1H3/t34-,35-,36+,37-,41+/m1/s1. The van der Waals surface area contributed by atoms with E-state index in [0.717, 1.165) is 69.3 Å². The highest BCUT2D eigenvalue weighted by molar-refractivity contribution is 6.18. The minimum atomic E-state index is -0.465. The summed E-state index contributed by atoms with van der Waals surface area (Å²) in [6.07, 6.45) is 7.30. The molecule has 0 saturated heterocycles. The number of aryl methyl sites for hydroxylation is 2. The van der Waals surface area contributed by atoms with E-state index in [2.05, 4.69) is 42.2 Å². The molecule has 0 spiro atoms. The van der Waals surface area contributed by atoms with Gasteiger partial charge in [-0.25, -0.2) is 9.59 Å². The van der Waals surface area contributed by atoms with Crippen molar-refractivity contribution >= 4 is 46.8 Å². The first-order chi connectivity index (χ1) is 24.3. The Morgan fingerprint density at radius 2 is 1.64 bits per heavy atom. The summed E-state index contributed by atoms with van der Waals surface area (Å²) in [7, 11) is 0. The van der Waals surface area contributed by atoms with E-state index in [1.807, 2.05) is 30.3 Å². The molecule has 3 aromatic rings. The average Bonchev–Trinajstić information content (AvgIpc) is 3.46. The fraction of sp³-hybridized carbons (Fsp3) is 0.488. The van der Waals surface area contributed by atoms with Gasteiger partial charge in [0, 0.05) is 42.4 Å². The summed E-state index contributed by atoms with van der Waals surface area (Å²) in [6, 6.07) is 23.4. The molecule has 5 atom stereocenters. The van der Waals surface area contributed by atoms with Crippen LogP contribution in [-0.2, 0) is 31.9 Å². The Bertz CT molecular complexity index is 1630. The van der Waals surface area contributed by atoms with Gasteiger partial charge in [-0.3, -0.25) is 4.79 Å². The lowest BCUT2D eigenvalue weighted by Gasteiger charge is -2.50. The Morgan fingerprint density at radius 3 is 2.38 bits per heavy atom. The summed E-state index contributed by atoms with van der Waals surface area (Å²) in [5, 5.41) is 0. The second-order valence-corrected chi connectivity index (χ2v) is 14.9. The van der Waals surface area contributed by atoms with Crippen LogP contribution in [0.25, 0.3) is 0 Å². The summed E-state index contributed by atoms with van der Waals surface area (Å²) in [5.74, 6) is 1.89. The summed E-state index contributed by atoms with van der Waals surface area (Å²) in [4.78, 5) is 40.1. The van der Waals surface area contributed by atoms with Gasteiger partial charge in [-0.05, 0) is 122 Å². The number of hydrogen-bond donors (Lipinski definition) is 0. The van der Waals surface area contributed by atoms with E-state index in [1.165, 1.54) is 11.1 Å². The normalized spacial score (nSPS) is 23.6. The van der Waals surface area contributed by atoms with Crippen LogP contribution in [0, 0.1) is 17.3 Å². The molecule has 0 heterocycles. The van der Waals surface area contributed by atoms with Crippen molar-refractivity contribution in [3.05, 3.63) is 95.1 Å². The molecule has 0 radical (unpaired) electrons. The van der Waals surface area contributed by atoms with Crippen molar-refractivity contribution in [2.24, 2.45) is 17.3 Å². The van der Waals surface area contributed by atoms with Crippen LogP contribution in [0.5, 0.6) is 5.75 Å². The number of halogens is 2. The number of fused-ring (bicyclic) bond motifs is 5. The van der Waals surface area contributed by atoms with Gasteiger partial charge in [0.15, 0.2) is 6.61 Å². The quantitative estimate of drug-likeness (QED) is 0.0939. The zero-order valence-electron chi connectivity index (χ0n) is 28.8. The first-order valence-electron chi connectivity index (χ1n) is 18.0. The largest absolute Gasteiger partial charge is 0.459 e. The first-order valence-corrected chi connectivity index (χ1v) is 19.1. The van der Waals surface area contributed by atoms with E-state index in [9.17, 15) is 14.4 Å². The van der Waals surface area contributed by atoms with Crippen LogP contribution in [0.1, 0.15) is 84.8 Å². The molecule has 0 bridgehead atoms. The van der Waals surface area contributed by atoms with Crippen molar-refractivity contribution < 1.29 is 28.6 Å². The van der Waals surface area contributed by atoms with E-state index < -0.39 is 5.97 Å². The Morgan fingerprint density at radius 1 is 0.880 bits per heavy atom. The van der Waals surface area contributed by atoms with Gasteiger partial charge in [0.1, 0.15) is 11.9 Å². The molecule has 0 aliphatic heterocycles. The van der Waals surface area contributed by atoms with Gasteiger partial charge in [0.2, 0.25) is 0 Å². The third-order valence-corrected chi connectivity index (χ3v) is 11.7. The lowest BCUT2D eigenvalue weighted by molar-refractivity contribution is -0.168. The summed E-state index contributed by atoms with van der Waals surface area (Å²) in [5.41, 5.74) is 5.28. The molecular formula is C41H47Cl2NO6. The van der Waals surface area contributed by atoms with Crippen molar-refractivity contribution in [1.82, 2.24) is 0 Å². The molecular weight excluding hydrogens is 673 g/mol. The van der Waals surface area contributed by atoms with E-state index in [-0.39, 0.29) is 36.5 Å². The van der Waals surface area contributed by atoms with Crippen molar-refractivity contribution in [2.45, 2.75) is 76.7 Å². The van der Waals surface area contributed by atoms with Crippen LogP contribution in [-0.4, -0.2) is 55.5 Å². The number of ether oxygens (including phenoxy) is 3. The van der Waals surface area contributed by atoms with Gasteiger partial charge in [0.05, 0.1) is 5.56 Å². The minimum Gasteiger partial charge on any atom is -0.459 e. The van der Waals surface area contributed by atoms with Gasteiger partial charge in [-0.1, -0.05) is 43.3 Å². The van der Waals surface area contributed by atoms with E-state index >= 15 is 0 Å². The number of anilines is 1. The fourth-order valence-corrected chi connectivity index (χ4v) is 9.20. The molecule has 2 fully saturated rings. The molecule has 0 N–H and O–H groups in total. The van der Waals surface area contributed by atoms with Crippen molar-refractivity contribution in [3.63, 3.8) is 0 Å². The maximum Gasteiger partial charge on any atom is 0.344 e. The topological polar surface area (TPSA) is 82.1 Å². The Kier molecular flexibility index (Phi) is 12.1. The van der Waals surface area contributed by atoms with Gasteiger partial charge in [-0.15, -0.1) is 23.2 Å². The summed E-state index contributed by atoms with van der Waals surface area (Å²) >= 11 is 11.9. The van der Waals surface area contributed by atoms with E-state index in [1.54, 1.807) is 12.1 Å². The van der Waals surface area contributed by atoms with Crippen LogP contribution in [0.2, 0.25) is 0 Å². The first kappa shape index (κ1) is 36.2. The summed E-state index contributed by atoms with van der Waals surface area (Å²) < 4.78 is 17.1. The number of hydrogen-bond acceptors (Lipinski definition) is 7. The SMILES string of the molecule is C[C@]12CC[C@@H]3c4ccc(OC(=O)c5ccccc5)cc4CC[C@H]3[C@@H]1CC[C@H]2OC(=O)COC(=O)CCCc1ccc(N(CCCl)CCCl)cc1. The molecule has 3 aliphatic carbocycles. The number of rotatable bonds is 14. The molecule has 2 saturated carbocycles. The molecule has 266 valence electrons. The second-order valence-electron chi connectivity index (χ2n) is 14.2. The van der Waals surface area contributed by atoms with Gasteiger partial charge < -0.3 is 19.1 Å². The number of carbonyl (C=O) groups is 3. The van der Waals surface area contributed by atoms with E-state index in [0.29, 0.717) is 47.2 Å². The maximum absolute atomic E-state index is 12.9. The molecule has 0 aromatic heterocycles. The van der Waals surface area contributed by atoms with Gasteiger partial charge in [-0.2, -0.15) is 0 Å². The second kappa shape index (κ2) is 16.6. The molecule has 3 aromatic carbocycles. The number of alkyl halides is 2. The molecule has 7 nitrogen and oxygen atoms in total. The third-order valence-electron chi connectivity index (χ3n) is 11.3. The highest BCUT2D eigenvalue weighted by Crippen LogP contribution is 2.61. The Labute approximate surface area is 305 Å². The number of esters is 3. The lowest BCUT2D eigenvalue weighted by Crippen LogP contribution is -2.45. The Balaban J connectivity index is 0.952. The minimum absolute atomic E-state index is 0.0932. The molecule has 50 heavy (non-hydrogen) atoms. The Hall–Kier alpha value is -3.55. The molecule has 9 heteroatoms. The molecule has 0 unspecified atom stereocenters. The average molecular weight is 721 g/mol. The number of nitrogens with zero attached hydrogens (tertiary/aromatic N) is 1. The van der Waals surface area contributed by atoms with E-state index in [4.69, 9.17) is 37.4 Å². The van der Waals surface area contributed by atoms with Gasteiger partial charge in [0.25, 0.3) is 0 Å². The van der Waals surface area contributed by atoms with Crippen LogP contribution in [0.3, 0.4) is 0 Å². The fourth-order valence-electron chi connectivity index (χ4n) is 8.80. The predicted octanol–water partition coefficient (Wildman–Crippen LogP) is 8.52. The third kappa shape index (κ3) is 8.32. The molecule has 3 aliphatic rings. The smallest absolute Gasteiger partial charge is 0.344 e. The maximum atomic E-state index is 12.9. The highest BCUT2D eigenvalue weighted by atomic mass is 35.5. The van der Waals surface area contributed by atoms with Gasteiger partial charge >= 0.3 is 17.9 Å². The monoisotopic (exact) mass is 719 g/mol. The van der Waals surface area contributed by atoms with Crippen molar-refractivity contribution in [3.8, 4) is 5.75 Å². The van der Waals surface area contributed by atoms with Crippen molar-refractivity contribution in [2.75, 3.05) is 36.4 Å². The predicted molar refractivity (Wildman–Crippen MR) is 196 cm³/mol. The highest BCUT2D eigenvalue weighted by Gasteiger charge is 2.56. The molecule has 0 amide bonds.